The maximum absolute atomic E-state index is 12.6. The zero-order chi connectivity index (χ0) is 22.7. The van der Waals surface area contributed by atoms with Crippen LogP contribution < -0.4 is 4.74 Å². The molecule has 162 valence electrons. The molecule has 1 heterocycles. The SMILES string of the molecule is COC(=O)C1=C(C)N=C(C)C(C(=O)O)C1c1ccccc1OCc1c(Cl)cccc1Cl. The topological polar surface area (TPSA) is 85.2 Å². The van der Waals surface area contributed by atoms with Gasteiger partial charge in [0, 0.05) is 38.5 Å². The van der Waals surface area contributed by atoms with Gasteiger partial charge in [0.2, 0.25) is 0 Å². The molecule has 0 saturated carbocycles. The molecular formula is C23H21Cl2NO5. The first-order chi connectivity index (χ1) is 14.8. The molecule has 2 aromatic rings. The fraction of sp³-hybridized carbons (Fsp3) is 0.261. The van der Waals surface area contributed by atoms with E-state index >= 15 is 0 Å². The number of halogens is 2. The van der Waals surface area contributed by atoms with Crippen molar-refractivity contribution in [1.29, 1.82) is 0 Å². The van der Waals surface area contributed by atoms with Crippen LogP contribution in [0.25, 0.3) is 0 Å². The lowest BCUT2D eigenvalue weighted by molar-refractivity contribution is -0.140. The van der Waals surface area contributed by atoms with Crippen LogP contribution in [0.4, 0.5) is 0 Å². The molecule has 0 aromatic heterocycles. The van der Waals surface area contributed by atoms with E-state index in [4.69, 9.17) is 32.7 Å². The van der Waals surface area contributed by atoms with Crippen LogP contribution in [0.2, 0.25) is 10.0 Å². The maximum Gasteiger partial charge on any atom is 0.336 e. The third-order valence-corrected chi connectivity index (χ3v) is 5.90. The summed E-state index contributed by atoms with van der Waals surface area (Å²) < 4.78 is 11.0. The molecule has 0 aliphatic carbocycles. The Bertz CT molecular complexity index is 1070. The van der Waals surface area contributed by atoms with E-state index in [0.29, 0.717) is 38.3 Å². The highest BCUT2D eigenvalue weighted by Gasteiger charge is 2.42. The molecular weight excluding hydrogens is 441 g/mol. The third-order valence-electron chi connectivity index (χ3n) is 5.19. The van der Waals surface area contributed by atoms with Crippen molar-refractivity contribution in [1.82, 2.24) is 0 Å². The summed E-state index contributed by atoms with van der Waals surface area (Å²) in [6.45, 7) is 3.37. The largest absolute Gasteiger partial charge is 0.488 e. The minimum Gasteiger partial charge on any atom is -0.488 e. The zero-order valence-electron chi connectivity index (χ0n) is 17.2. The number of carboxylic acid groups (broad SMARTS) is 1. The second-order valence-corrected chi connectivity index (χ2v) is 7.88. The highest BCUT2D eigenvalue weighted by atomic mass is 35.5. The molecule has 1 aliphatic heterocycles. The van der Waals surface area contributed by atoms with E-state index in [1.807, 2.05) is 0 Å². The average Bonchev–Trinajstić information content (AvgIpc) is 2.72. The lowest BCUT2D eigenvalue weighted by atomic mass is 9.75. The molecule has 0 amide bonds. The fourth-order valence-corrected chi connectivity index (χ4v) is 4.26. The van der Waals surface area contributed by atoms with Crippen LogP contribution in [0.5, 0.6) is 5.75 Å². The lowest BCUT2D eigenvalue weighted by Gasteiger charge is -2.31. The third kappa shape index (κ3) is 4.60. The summed E-state index contributed by atoms with van der Waals surface area (Å²) in [5, 5.41) is 10.9. The van der Waals surface area contributed by atoms with Gasteiger partial charge in [-0.3, -0.25) is 9.79 Å². The Kier molecular flexibility index (Phi) is 7.03. The Morgan fingerprint density at radius 2 is 1.71 bits per heavy atom. The number of aliphatic carboxylic acids is 1. The van der Waals surface area contributed by atoms with Gasteiger partial charge in [-0.1, -0.05) is 47.5 Å². The Hall–Kier alpha value is -2.83. The van der Waals surface area contributed by atoms with E-state index < -0.39 is 23.8 Å². The van der Waals surface area contributed by atoms with Crippen molar-refractivity contribution in [3.8, 4) is 5.75 Å². The van der Waals surface area contributed by atoms with Crippen LogP contribution >= 0.6 is 23.2 Å². The Labute approximate surface area is 190 Å². The molecule has 0 saturated heterocycles. The van der Waals surface area contributed by atoms with Gasteiger partial charge in [0.15, 0.2) is 0 Å². The predicted molar refractivity (Wildman–Crippen MR) is 119 cm³/mol. The van der Waals surface area contributed by atoms with Crippen molar-refractivity contribution >= 4 is 40.9 Å². The second kappa shape index (κ2) is 9.54. The minimum atomic E-state index is -1.09. The van der Waals surface area contributed by atoms with Gasteiger partial charge in [-0.05, 0) is 32.0 Å². The molecule has 1 aliphatic rings. The number of ether oxygens (including phenoxy) is 2. The predicted octanol–water partition coefficient (Wildman–Crippen LogP) is 5.28. The van der Waals surface area contributed by atoms with Crippen LogP contribution in [-0.4, -0.2) is 29.9 Å². The van der Waals surface area contributed by atoms with Crippen LogP contribution in [0, 0.1) is 5.92 Å². The van der Waals surface area contributed by atoms with Gasteiger partial charge in [-0.15, -0.1) is 0 Å². The van der Waals surface area contributed by atoms with Gasteiger partial charge < -0.3 is 14.6 Å². The average molecular weight is 462 g/mol. The first kappa shape index (κ1) is 22.8. The summed E-state index contributed by atoms with van der Waals surface area (Å²) >= 11 is 12.5. The summed E-state index contributed by atoms with van der Waals surface area (Å²) in [7, 11) is 1.25. The molecule has 0 spiro atoms. The summed E-state index contributed by atoms with van der Waals surface area (Å²) in [4.78, 5) is 29.1. The number of aliphatic imine (C=N–C) groups is 1. The number of carbonyl (C=O) groups is 2. The molecule has 6 nitrogen and oxygen atoms in total. The Morgan fingerprint density at radius 3 is 2.32 bits per heavy atom. The van der Waals surface area contributed by atoms with E-state index in [2.05, 4.69) is 4.99 Å². The highest BCUT2D eigenvalue weighted by molar-refractivity contribution is 6.35. The zero-order valence-corrected chi connectivity index (χ0v) is 18.7. The monoisotopic (exact) mass is 461 g/mol. The number of benzene rings is 2. The Balaban J connectivity index is 2.08. The van der Waals surface area contributed by atoms with E-state index in [1.165, 1.54) is 7.11 Å². The summed E-state index contributed by atoms with van der Waals surface area (Å²) in [6, 6.07) is 12.1. The van der Waals surface area contributed by atoms with Crippen molar-refractivity contribution in [2.75, 3.05) is 7.11 Å². The molecule has 1 N–H and O–H groups in total. The van der Waals surface area contributed by atoms with E-state index in [9.17, 15) is 14.7 Å². The number of carboxylic acids is 1. The van der Waals surface area contributed by atoms with Crippen LogP contribution in [-0.2, 0) is 20.9 Å². The maximum atomic E-state index is 12.6. The molecule has 0 fully saturated rings. The standard InChI is InChI=1S/C23H21Cl2NO5/c1-12-19(22(27)28)21(20(13(2)26-12)23(29)30-3)14-7-4-5-10-18(14)31-11-15-16(24)8-6-9-17(15)25/h4-10,19,21H,11H2,1-3H3,(H,27,28). The van der Waals surface area contributed by atoms with Gasteiger partial charge in [0.25, 0.3) is 0 Å². The minimum absolute atomic E-state index is 0.0727. The van der Waals surface area contributed by atoms with Gasteiger partial charge >= 0.3 is 11.9 Å². The number of carbonyl (C=O) groups excluding carboxylic acids is 1. The van der Waals surface area contributed by atoms with Crippen LogP contribution in [0.1, 0.15) is 30.9 Å². The van der Waals surface area contributed by atoms with Crippen molar-refractivity contribution in [2.45, 2.75) is 26.4 Å². The molecule has 0 bridgehead atoms. The van der Waals surface area contributed by atoms with Crippen molar-refractivity contribution in [3.05, 3.63) is 74.9 Å². The quantitative estimate of drug-likeness (QED) is 0.591. The highest BCUT2D eigenvalue weighted by Crippen LogP contribution is 2.43. The van der Waals surface area contributed by atoms with Crippen molar-refractivity contribution < 1.29 is 24.2 Å². The molecule has 31 heavy (non-hydrogen) atoms. The molecule has 0 radical (unpaired) electrons. The Morgan fingerprint density at radius 1 is 1.06 bits per heavy atom. The number of para-hydroxylation sites is 1. The molecule has 3 rings (SSSR count). The van der Waals surface area contributed by atoms with Crippen LogP contribution in [0.3, 0.4) is 0 Å². The van der Waals surface area contributed by atoms with Gasteiger partial charge in [0.05, 0.1) is 12.7 Å². The number of esters is 1. The van der Waals surface area contributed by atoms with Crippen LogP contribution in [0.15, 0.2) is 58.7 Å². The van der Waals surface area contributed by atoms with E-state index in [0.717, 1.165) is 0 Å². The number of hydrogen-bond acceptors (Lipinski definition) is 5. The smallest absolute Gasteiger partial charge is 0.336 e. The summed E-state index contributed by atoms with van der Waals surface area (Å²) in [6.07, 6.45) is 0. The lowest BCUT2D eigenvalue weighted by Crippen LogP contribution is -2.35. The van der Waals surface area contributed by atoms with E-state index in [-0.39, 0.29) is 12.2 Å². The molecule has 8 heteroatoms. The molecule has 2 unspecified atom stereocenters. The van der Waals surface area contributed by atoms with Gasteiger partial charge in [-0.25, -0.2) is 4.79 Å². The van der Waals surface area contributed by atoms with Crippen molar-refractivity contribution in [2.24, 2.45) is 10.9 Å². The van der Waals surface area contributed by atoms with Crippen molar-refractivity contribution in [3.63, 3.8) is 0 Å². The first-order valence-electron chi connectivity index (χ1n) is 9.48. The normalized spacial score (nSPS) is 18.4. The summed E-state index contributed by atoms with van der Waals surface area (Å²) in [5.41, 5.74) is 2.14. The number of hydrogen-bond donors (Lipinski definition) is 1. The number of nitrogens with zero attached hydrogens (tertiary/aromatic N) is 1. The fourth-order valence-electron chi connectivity index (χ4n) is 3.76. The second-order valence-electron chi connectivity index (χ2n) is 7.06. The summed E-state index contributed by atoms with van der Waals surface area (Å²) in [5.74, 6) is -3.19. The van der Waals surface area contributed by atoms with E-state index in [1.54, 1.807) is 56.3 Å². The van der Waals surface area contributed by atoms with Gasteiger partial charge in [-0.2, -0.15) is 0 Å². The first-order valence-corrected chi connectivity index (χ1v) is 10.2. The number of rotatable bonds is 6. The molecule has 2 atom stereocenters. The molecule has 2 aromatic carbocycles. The number of allylic oxidation sites excluding steroid dienone is 1. The van der Waals surface area contributed by atoms with Gasteiger partial charge in [0.1, 0.15) is 18.3 Å². The number of methoxy groups -OCH3 is 1.